The van der Waals surface area contributed by atoms with Crippen LogP contribution in [0.5, 0.6) is 0 Å². The number of benzene rings is 1. The molecule has 19 heavy (non-hydrogen) atoms. The van der Waals surface area contributed by atoms with Gasteiger partial charge in [-0.3, -0.25) is 0 Å². The van der Waals surface area contributed by atoms with Crippen LogP contribution in [-0.2, 0) is 6.54 Å². The third-order valence-electron chi connectivity index (χ3n) is 2.84. The molecule has 0 bridgehead atoms. The highest BCUT2D eigenvalue weighted by molar-refractivity contribution is 8.00. The van der Waals surface area contributed by atoms with Crippen molar-refractivity contribution < 1.29 is 5.11 Å². The number of hydrogen-bond acceptors (Lipinski definition) is 3. The largest absolute Gasteiger partial charge is 0.392 e. The van der Waals surface area contributed by atoms with Gasteiger partial charge in [0, 0.05) is 22.2 Å². The van der Waals surface area contributed by atoms with Gasteiger partial charge in [-0.25, -0.2) is 0 Å². The van der Waals surface area contributed by atoms with Crippen LogP contribution < -0.4 is 5.32 Å². The van der Waals surface area contributed by atoms with Crippen LogP contribution in [0.1, 0.15) is 40.2 Å². The molecule has 0 aliphatic carbocycles. The van der Waals surface area contributed by atoms with Crippen LogP contribution in [0.4, 0.5) is 0 Å². The smallest absolute Gasteiger partial charge is 0.0631 e. The standard InChI is InChI=1S/C15H24ClNOS/c1-10(18)11(2)19-14-12(7-6-8-13(14)16)9-17-15(3,4)5/h6-8,10-11,17-18H,9H2,1-5H3. The average molecular weight is 302 g/mol. The number of rotatable bonds is 5. The second kappa shape index (κ2) is 6.98. The van der Waals surface area contributed by atoms with E-state index >= 15 is 0 Å². The molecule has 1 aromatic rings. The van der Waals surface area contributed by atoms with Gasteiger partial charge in [0.1, 0.15) is 0 Å². The van der Waals surface area contributed by atoms with Gasteiger partial charge in [-0.05, 0) is 39.3 Å². The van der Waals surface area contributed by atoms with Crippen LogP contribution in [0.15, 0.2) is 23.1 Å². The van der Waals surface area contributed by atoms with Crippen molar-refractivity contribution in [1.82, 2.24) is 5.32 Å². The molecule has 0 aromatic heterocycles. The Morgan fingerprint density at radius 2 is 1.95 bits per heavy atom. The molecule has 1 aromatic carbocycles. The van der Waals surface area contributed by atoms with E-state index in [1.54, 1.807) is 11.8 Å². The molecular weight excluding hydrogens is 278 g/mol. The Morgan fingerprint density at radius 1 is 1.32 bits per heavy atom. The zero-order chi connectivity index (χ0) is 14.6. The molecule has 0 saturated carbocycles. The van der Waals surface area contributed by atoms with Gasteiger partial charge in [-0.1, -0.05) is 30.7 Å². The zero-order valence-electron chi connectivity index (χ0n) is 12.3. The predicted molar refractivity (Wildman–Crippen MR) is 85.0 cm³/mol. The Bertz CT molecular complexity index is 415. The van der Waals surface area contributed by atoms with Gasteiger partial charge in [0.15, 0.2) is 0 Å². The van der Waals surface area contributed by atoms with Gasteiger partial charge in [0.05, 0.1) is 11.1 Å². The lowest BCUT2D eigenvalue weighted by Crippen LogP contribution is -2.35. The summed E-state index contributed by atoms with van der Waals surface area (Å²) in [6, 6.07) is 5.96. The van der Waals surface area contributed by atoms with Crippen molar-refractivity contribution in [2.45, 2.75) is 63.0 Å². The minimum Gasteiger partial charge on any atom is -0.392 e. The lowest BCUT2D eigenvalue weighted by molar-refractivity contribution is 0.196. The highest BCUT2D eigenvalue weighted by Gasteiger charge is 2.17. The summed E-state index contributed by atoms with van der Waals surface area (Å²) in [6.07, 6.45) is -0.357. The summed E-state index contributed by atoms with van der Waals surface area (Å²) in [5.41, 5.74) is 1.25. The Balaban J connectivity index is 2.89. The second-order valence-electron chi connectivity index (χ2n) is 5.90. The Labute approximate surface area is 125 Å². The van der Waals surface area contributed by atoms with Crippen molar-refractivity contribution in [2.75, 3.05) is 0 Å². The molecule has 108 valence electrons. The quantitative estimate of drug-likeness (QED) is 0.804. The van der Waals surface area contributed by atoms with Gasteiger partial charge in [0.2, 0.25) is 0 Å². The summed E-state index contributed by atoms with van der Waals surface area (Å²) >= 11 is 7.93. The fraction of sp³-hybridized carbons (Fsp3) is 0.600. The van der Waals surface area contributed by atoms with Crippen molar-refractivity contribution in [3.05, 3.63) is 28.8 Å². The zero-order valence-corrected chi connectivity index (χ0v) is 13.9. The summed E-state index contributed by atoms with van der Waals surface area (Å²) in [4.78, 5) is 1.06. The summed E-state index contributed by atoms with van der Waals surface area (Å²) in [5, 5.41) is 14.0. The summed E-state index contributed by atoms with van der Waals surface area (Å²) in [5.74, 6) is 0. The maximum Gasteiger partial charge on any atom is 0.0631 e. The Hall–Kier alpha value is -0.220. The molecule has 2 nitrogen and oxygen atoms in total. The predicted octanol–water partition coefficient (Wildman–Crippen LogP) is 4.09. The van der Waals surface area contributed by atoms with Crippen molar-refractivity contribution in [3.8, 4) is 0 Å². The summed E-state index contributed by atoms with van der Waals surface area (Å²) < 4.78 is 0. The van der Waals surface area contributed by atoms with E-state index < -0.39 is 0 Å². The highest BCUT2D eigenvalue weighted by atomic mass is 35.5. The van der Waals surface area contributed by atoms with E-state index in [1.165, 1.54) is 5.56 Å². The molecule has 0 aliphatic rings. The minimum absolute atomic E-state index is 0.0696. The van der Waals surface area contributed by atoms with Gasteiger partial charge in [-0.15, -0.1) is 11.8 Å². The van der Waals surface area contributed by atoms with Crippen LogP contribution in [0.2, 0.25) is 5.02 Å². The van der Waals surface area contributed by atoms with Crippen LogP contribution in [0.3, 0.4) is 0 Å². The van der Waals surface area contributed by atoms with Gasteiger partial charge < -0.3 is 10.4 Å². The fourth-order valence-corrected chi connectivity index (χ4v) is 2.84. The summed E-state index contributed by atoms with van der Waals surface area (Å²) in [6.45, 7) is 11.0. The first-order valence-corrected chi connectivity index (χ1v) is 7.83. The molecule has 0 spiro atoms. The molecule has 0 amide bonds. The van der Waals surface area contributed by atoms with Crippen molar-refractivity contribution in [1.29, 1.82) is 0 Å². The first kappa shape index (κ1) is 16.8. The molecule has 4 heteroatoms. The molecule has 0 aliphatic heterocycles. The fourth-order valence-electron chi connectivity index (χ4n) is 1.47. The second-order valence-corrected chi connectivity index (χ2v) is 7.69. The van der Waals surface area contributed by atoms with E-state index in [4.69, 9.17) is 11.6 Å². The molecule has 0 saturated heterocycles. The number of aliphatic hydroxyl groups excluding tert-OH is 1. The molecule has 2 atom stereocenters. The van der Waals surface area contributed by atoms with Gasteiger partial charge in [-0.2, -0.15) is 0 Å². The van der Waals surface area contributed by atoms with Crippen LogP contribution in [-0.4, -0.2) is 22.0 Å². The van der Waals surface area contributed by atoms with E-state index in [2.05, 4.69) is 32.2 Å². The number of halogens is 1. The van der Waals surface area contributed by atoms with E-state index in [0.29, 0.717) is 0 Å². The van der Waals surface area contributed by atoms with E-state index in [9.17, 15) is 5.11 Å². The number of hydrogen-bond donors (Lipinski definition) is 2. The van der Waals surface area contributed by atoms with Crippen LogP contribution in [0.25, 0.3) is 0 Å². The maximum absolute atomic E-state index is 9.64. The normalized spacial score (nSPS) is 15.3. The SMILES string of the molecule is CC(O)C(C)Sc1c(Cl)cccc1CNC(C)(C)C. The lowest BCUT2D eigenvalue weighted by Gasteiger charge is -2.23. The van der Waals surface area contributed by atoms with Gasteiger partial charge >= 0.3 is 0 Å². The number of thioether (sulfide) groups is 1. The summed E-state index contributed by atoms with van der Waals surface area (Å²) in [7, 11) is 0. The third kappa shape index (κ3) is 5.74. The maximum atomic E-state index is 9.64. The average Bonchev–Trinajstić information content (AvgIpc) is 2.28. The van der Waals surface area contributed by atoms with Crippen molar-refractivity contribution in [2.24, 2.45) is 0 Å². The first-order valence-electron chi connectivity index (χ1n) is 6.58. The highest BCUT2D eigenvalue weighted by Crippen LogP contribution is 2.34. The van der Waals surface area contributed by atoms with Crippen LogP contribution in [0, 0.1) is 0 Å². The third-order valence-corrected chi connectivity index (χ3v) is 4.75. The molecule has 0 fully saturated rings. The van der Waals surface area contributed by atoms with Crippen molar-refractivity contribution >= 4 is 23.4 Å². The molecular formula is C15H24ClNOS. The molecule has 1 rings (SSSR count). The molecule has 0 heterocycles. The number of aliphatic hydroxyl groups is 1. The van der Waals surface area contributed by atoms with Crippen molar-refractivity contribution in [3.63, 3.8) is 0 Å². The Morgan fingerprint density at radius 3 is 2.47 bits per heavy atom. The molecule has 0 radical (unpaired) electrons. The van der Waals surface area contributed by atoms with Gasteiger partial charge in [0.25, 0.3) is 0 Å². The van der Waals surface area contributed by atoms with E-state index in [-0.39, 0.29) is 16.9 Å². The first-order chi connectivity index (χ1) is 8.70. The topological polar surface area (TPSA) is 32.3 Å². The number of nitrogens with one attached hydrogen (secondary N) is 1. The Kier molecular flexibility index (Phi) is 6.18. The monoisotopic (exact) mass is 301 g/mol. The molecule has 2 unspecified atom stereocenters. The lowest BCUT2D eigenvalue weighted by atomic mass is 10.1. The van der Waals surface area contributed by atoms with E-state index in [0.717, 1.165) is 16.5 Å². The molecule has 2 N–H and O–H groups in total. The minimum atomic E-state index is -0.357. The van der Waals surface area contributed by atoms with E-state index in [1.807, 2.05) is 26.0 Å². The van der Waals surface area contributed by atoms with Crippen LogP contribution >= 0.6 is 23.4 Å².